The zero-order valence-corrected chi connectivity index (χ0v) is 13.7. The molecule has 3 rings (SSSR count). The zero-order chi connectivity index (χ0) is 16.2. The van der Waals surface area contributed by atoms with E-state index in [1.54, 1.807) is 6.92 Å². The summed E-state index contributed by atoms with van der Waals surface area (Å²) in [6.45, 7) is 7.97. The topological polar surface area (TPSA) is 62.5 Å². The minimum atomic E-state index is 0.126. The maximum absolute atomic E-state index is 12.5. The number of benzene rings is 1. The molecule has 2 heterocycles. The van der Waals surface area contributed by atoms with Crippen molar-refractivity contribution in [3.05, 3.63) is 47.2 Å². The summed E-state index contributed by atoms with van der Waals surface area (Å²) in [6, 6.07) is 7.78. The van der Waals surface area contributed by atoms with Crippen LogP contribution in [-0.4, -0.2) is 58.6 Å². The molecule has 0 N–H and O–H groups in total. The molecular formula is C17H22N4O2. The van der Waals surface area contributed by atoms with Crippen molar-refractivity contribution in [3.63, 3.8) is 0 Å². The summed E-state index contributed by atoms with van der Waals surface area (Å²) in [5.74, 6) is 1.41. The van der Waals surface area contributed by atoms with E-state index >= 15 is 0 Å². The van der Waals surface area contributed by atoms with Gasteiger partial charge in [-0.15, -0.1) is 10.2 Å². The summed E-state index contributed by atoms with van der Waals surface area (Å²) in [6.07, 6.45) is 0.757. The number of carbonyl (C=O) groups is 1. The summed E-state index contributed by atoms with van der Waals surface area (Å²) >= 11 is 0. The van der Waals surface area contributed by atoms with Gasteiger partial charge in [-0.1, -0.05) is 17.7 Å². The van der Waals surface area contributed by atoms with Crippen LogP contribution in [0.5, 0.6) is 0 Å². The van der Waals surface area contributed by atoms with Crippen molar-refractivity contribution >= 4 is 5.91 Å². The first-order valence-corrected chi connectivity index (χ1v) is 7.99. The minimum Gasteiger partial charge on any atom is -0.426 e. The highest BCUT2D eigenvalue weighted by Crippen LogP contribution is 2.11. The number of aromatic nitrogens is 2. The Morgan fingerprint density at radius 3 is 2.61 bits per heavy atom. The van der Waals surface area contributed by atoms with Gasteiger partial charge in [0.2, 0.25) is 11.8 Å². The van der Waals surface area contributed by atoms with Crippen molar-refractivity contribution in [2.24, 2.45) is 0 Å². The minimum absolute atomic E-state index is 0.126. The van der Waals surface area contributed by atoms with Crippen LogP contribution in [0, 0.1) is 13.8 Å². The van der Waals surface area contributed by atoms with Crippen LogP contribution in [0.1, 0.15) is 27.7 Å². The molecule has 0 bridgehead atoms. The van der Waals surface area contributed by atoms with E-state index in [1.807, 2.05) is 36.1 Å². The molecule has 0 atom stereocenters. The summed E-state index contributed by atoms with van der Waals surface area (Å²) in [4.78, 5) is 16.8. The summed E-state index contributed by atoms with van der Waals surface area (Å²) in [7, 11) is 0. The second-order valence-corrected chi connectivity index (χ2v) is 5.97. The molecule has 1 aromatic carbocycles. The van der Waals surface area contributed by atoms with Gasteiger partial charge >= 0.3 is 0 Å². The summed E-state index contributed by atoms with van der Waals surface area (Å²) in [5.41, 5.74) is 1.89. The van der Waals surface area contributed by atoms with Gasteiger partial charge in [-0.25, -0.2) is 0 Å². The molecule has 23 heavy (non-hydrogen) atoms. The van der Waals surface area contributed by atoms with Gasteiger partial charge in [0, 0.05) is 51.6 Å². The molecule has 1 saturated heterocycles. The van der Waals surface area contributed by atoms with Crippen LogP contribution in [0.2, 0.25) is 0 Å². The Bertz CT molecular complexity index is 675. The lowest BCUT2D eigenvalue weighted by atomic mass is 10.1. The molecule has 1 fully saturated rings. The monoisotopic (exact) mass is 314 g/mol. The van der Waals surface area contributed by atoms with E-state index in [9.17, 15) is 4.79 Å². The Labute approximate surface area is 136 Å². The molecule has 1 aliphatic rings. The molecular weight excluding hydrogens is 292 g/mol. The smallest absolute Gasteiger partial charge is 0.253 e. The Hall–Kier alpha value is -2.21. The van der Waals surface area contributed by atoms with Crippen LogP contribution in [0.15, 0.2) is 28.7 Å². The molecule has 2 aromatic rings. The fourth-order valence-electron chi connectivity index (χ4n) is 2.83. The lowest BCUT2D eigenvalue weighted by molar-refractivity contribution is 0.0636. The van der Waals surface area contributed by atoms with Crippen molar-refractivity contribution in [2.45, 2.75) is 20.3 Å². The quantitative estimate of drug-likeness (QED) is 0.859. The molecule has 1 aliphatic heterocycles. The average Bonchev–Trinajstić information content (AvgIpc) is 2.98. The molecule has 6 nitrogen and oxygen atoms in total. The number of amides is 1. The van der Waals surface area contributed by atoms with Gasteiger partial charge in [0.15, 0.2) is 0 Å². The highest BCUT2D eigenvalue weighted by Gasteiger charge is 2.22. The second-order valence-electron chi connectivity index (χ2n) is 5.97. The van der Waals surface area contributed by atoms with E-state index in [0.29, 0.717) is 11.8 Å². The first kappa shape index (κ1) is 15.7. The SMILES string of the molecule is Cc1cccc(C(=O)N2CCN(CCc3nnc(C)o3)CC2)c1. The van der Waals surface area contributed by atoms with Gasteiger partial charge < -0.3 is 9.32 Å². The van der Waals surface area contributed by atoms with Gasteiger partial charge in [-0.2, -0.15) is 0 Å². The Kier molecular flexibility index (Phi) is 4.71. The molecule has 0 radical (unpaired) electrons. The predicted molar refractivity (Wildman–Crippen MR) is 86.3 cm³/mol. The fourth-order valence-corrected chi connectivity index (χ4v) is 2.83. The van der Waals surface area contributed by atoms with Gasteiger partial charge in [-0.05, 0) is 19.1 Å². The standard InChI is InChI=1S/C17H22N4O2/c1-13-4-3-5-15(12-13)17(22)21-10-8-20(9-11-21)7-6-16-19-18-14(2)23-16/h3-5,12H,6-11H2,1-2H3. The Morgan fingerprint density at radius 2 is 1.96 bits per heavy atom. The lowest BCUT2D eigenvalue weighted by Crippen LogP contribution is -2.49. The van der Waals surface area contributed by atoms with Gasteiger partial charge in [0.05, 0.1) is 0 Å². The number of hydrogen-bond acceptors (Lipinski definition) is 5. The largest absolute Gasteiger partial charge is 0.426 e. The lowest BCUT2D eigenvalue weighted by Gasteiger charge is -2.34. The third-order valence-electron chi connectivity index (χ3n) is 4.13. The fraction of sp³-hybridized carbons (Fsp3) is 0.471. The second kappa shape index (κ2) is 6.91. The predicted octanol–water partition coefficient (Wildman–Crippen LogP) is 1.69. The van der Waals surface area contributed by atoms with Crippen molar-refractivity contribution < 1.29 is 9.21 Å². The highest BCUT2D eigenvalue weighted by molar-refractivity contribution is 5.94. The summed E-state index contributed by atoms with van der Waals surface area (Å²) in [5, 5.41) is 7.85. The van der Waals surface area contributed by atoms with Gasteiger partial charge in [-0.3, -0.25) is 9.69 Å². The van der Waals surface area contributed by atoms with E-state index < -0.39 is 0 Å². The highest BCUT2D eigenvalue weighted by atomic mass is 16.4. The van der Waals surface area contributed by atoms with Crippen LogP contribution < -0.4 is 0 Å². The molecule has 0 spiro atoms. The first-order valence-electron chi connectivity index (χ1n) is 7.99. The van der Waals surface area contributed by atoms with Crippen molar-refractivity contribution in [1.29, 1.82) is 0 Å². The van der Waals surface area contributed by atoms with Gasteiger partial charge in [0.25, 0.3) is 5.91 Å². The van der Waals surface area contributed by atoms with E-state index in [4.69, 9.17) is 4.42 Å². The first-order chi connectivity index (χ1) is 11.1. The van der Waals surface area contributed by atoms with Crippen molar-refractivity contribution in [3.8, 4) is 0 Å². The molecule has 0 saturated carbocycles. The normalized spacial score (nSPS) is 15.8. The molecule has 0 aliphatic carbocycles. The van der Waals surface area contributed by atoms with Crippen LogP contribution >= 0.6 is 0 Å². The maximum atomic E-state index is 12.5. The van der Waals surface area contributed by atoms with Crippen molar-refractivity contribution in [1.82, 2.24) is 20.0 Å². The van der Waals surface area contributed by atoms with E-state index in [-0.39, 0.29) is 5.91 Å². The average molecular weight is 314 g/mol. The molecule has 122 valence electrons. The number of rotatable bonds is 4. The number of piperazine rings is 1. The van der Waals surface area contributed by atoms with Crippen molar-refractivity contribution in [2.75, 3.05) is 32.7 Å². The van der Waals surface area contributed by atoms with Crippen LogP contribution in [-0.2, 0) is 6.42 Å². The third-order valence-corrected chi connectivity index (χ3v) is 4.13. The molecule has 1 aromatic heterocycles. The number of carbonyl (C=O) groups excluding carboxylic acids is 1. The zero-order valence-electron chi connectivity index (χ0n) is 13.7. The van der Waals surface area contributed by atoms with E-state index in [2.05, 4.69) is 15.1 Å². The Morgan fingerprint density at radius 1 is 1.17 bits per heavy atom. The van der Waals surface area contributed by atoms with Crippen LogP contribution in [0.4, 0.5) is 0 Å². The van der Waals surface area contributed by atoms with Crippen LogP contribution in [0.25, 0.3) is 0 Å². The molecule has 1 amide bonds. The molecule has 6 heteroatoms. The molecule has 0 unspecified atom stereocenters. The Balaban J connectivity index is 1.49. The third kappa shape index (κ3) is 3.96. The van der Waals surface area contributed by atoms with Crippen LogP contribution in [0.3, 0.4) is 0 Å². The van der Waals surface area contributed by atoms with Gasteiger partial charge in [0.1, 0.15) is 0 Å². The van der Waals surface area contributed by atoms with E-state index in [1.165, 1.54) is 0 Å². The number of nitrogens with zero attached hydrogens (tertiary/aromatic N) is 4. The number of aryl methyl sites for hydroxylation is 2. The maximum Gasteiger partial charge on any atom is 0.253 e. The summed E-state index contributed by atoms with van der Waals surface area (Å²) < 4.78 is 5.39. The number of hydrogen-bond donors (Lipinski definition) is 0. The van der Waals surface area contributed by atoms with E-state index in [0.717, 1.165) is 50.3 Å².